The van der Waals surface area contributed by atoms with Crippen molar-refractivity contribution in [2.24, 2.45) is 0 Å². The molecule has 0 fully saturated rings. The van der Waals surface area contributed by atoms with E-state index in [-0.39, 0.29) is 6.32 Å². The number of alkyl halides is 8. The Labute approximate surface area is 105 Å². The van der Waals surface area contributed by atoms with Gasteiger partial charge < -0.3 is 0 Å². The SMILES string of the molecule is C=C.FCCC(F)(F)F.FCCF.FCF.N#CF. The Kier molecular flexibility index (Phi) is 57.8. The van der Waals surface area contributed by atoms with Crippen LogP contribution < -0.4 is 0 Å². The maximum Gasteiger partial charge on any atom is 0.391 e. The summed E-state index contributed by atoms with van der Waals surface area (Å²) < 4.78 is 92.8. The molecule has 0 unspecified atom stereocenters. The molecule has 0 aliphatic carbocycles. The van der Waals surface area contributed by atoms with E-state index in [4.69, 9.17) is 5.26 Å². The van der Waals surface area contributed by atoms with Gasteiger partial charge >= 0.3 is 6.18 Å². The average Bonchev–Trinajstić information content (AvgIpc) is 2.32. The zero-order chi connectivity index (χ0) is 16.7. The van der Waals surface area contributed by atoms with E-state index < -0.39 is 39.5 Å². The zero-order valence-electron chi connectivity index (χ0n) is 9.80. The van der Waals surface area contributed by atoms with Crippen LogP contribution in [-0.4, -0.2) is 33.1 Å². The van der Waals surface area contributed by atoms with E-state index in [2.05, 4.69) is 13.2 Å². The molecule has 0 aliphatic rings. The molecule has 0 saturated heterocycles. The van der Waals surface area contributed by atoms with Gasteiger partial charge in [-0.15, -0.1) is 17.5 Å². The Morgan fingerprint density at radius 2 is 1.05 bits per heavy atom. The van der Waals surface area contributed by atoms with E-state index in [1.54, 1.807) is 0 Å². The molecule has 0 aromatic carbocycles. The predicted octanol–water partition coefficient (Wildman–Crippen LogP) is 4.96. The quantitative estimate of drug-likeness (QED) is 0.523. The number of hydrogen-bond acceptors (Lipinski definition) is 1. The van der Waals surface area contributed by atoms with Crippen LogP contribution in [0.1, 0.15) is 6.42 Å². The van der Waals surface area contributed by atoms with Gasteiger partial charge in [0.15, 0.2) is 0 Å². The molecular formula is C9H14F9N. The Hall–Kier alpha value is -1.40. The molecular weight excluding hydrogens is 293 g/mol. The van der Waals surface area contributed by atoms with E-state index in [9.17, 15) is 39.5 Å². The molecule has 0 spiro atoms. The summed E-state index contributed by atoms with van der Waals surface area (Å²) in [5.41, 5.74) is 0. The lowest BCUT2D eigenvalue weighted by molar-refractivity contribution is -0.136. The van der Waals surface area contributed by atoms with Gasteiger partial charge in [-0.2, -0.15) is 18.4 Å². The molecule has 0 atom stereocenters. The summed E-state index contributed by atoms with van der Waals surface area (Å²) in [6.45, 7) is 1.24. The van der Waals surface area contributed by atoms with E-state index in [1.165, 1.54) is 0 Å². The molecule has 10 heteroatoms. The van der Waals surface area contributed by atoms with Crippen LogP contribution in [0.5, 0.6) is 0 Å². The smallest absolute Gasteiger partial charge is 0.251 e. The van der Waals surface area contributed by atoms with Gasteiger partial charge in [0, 0.05) is 0 Å². The molecule has 19 heavy (non-hydrogen) atoms. The summed E-state index contributed by atoms with van der Waals surface area (Å²) in [6.07, 6.45) is -5.40. The molecule has 0 N–H and O–H groups in total. The first-order chi connectivity index (χ1) is 8.80. The zero-order valence-corrected chi connectivity index (χ0v) is 9.80. The van der Waals surface area contributed by atoms with Crippen LogP contribution in [0.2, 0.25) is 0 Å². The Balaban J connectivity index is -0.0000000471. The third-order valence-corrected chi connectivity index (χ3v) is 0.449. The highest BCUT2D eigenvalue weighted by molar-refractivity contribution is 4.45. The lowest BCUT2D eigenvalue weighted by Crippen LogP contribution is -2.07. The second-order valence-electron chi connectivity index (χ2n) is 1.62. The van der Waals surface area contributed by atoms with E-state index in [0.29, 0.717) is 0 Å². The highest BCUT2D eigenvalue weighted by Gasteiger charge is 2.25. The van der Waals surface area contributed by atoms with Crippen LogP contribution in [0.25, 0.3) is 0 Å². The summed E-state index contributed by atoms with van der Waals surface area (Å²) in [6, 6.07) is 0. The minimum absolute atomic E-state index is 0.250. The first-order valence-corrected chi connectivity index (χ1v) is 4.17. The van der Waals surface area contributed by atoms with Crippen molar-refractivity contribution in [2.45, 2.75) is 12.6 Å². The monoisotopic (exact) mass is 307 g/mol. The molecule has 118 valence electrons. The molecule has 0 amide bonds. The standard InChI is InChI=1S/C3H4F4.C2H4F2.C2H4.CH2F2.CFN/c4-2-1-3(5,6)7;3-1-2-4;1-2;2*2-1-3/h1-2H2;1-2H2;1-2H2;1H2;. The maximum atomic E-state index is 10.8. The lowest BCUT2D eigenvalue weighted by atomic mass is 10.5. The number of nitriles is 1. The van der Waals surface area contributed by atoms with Gasteiger partial charge in [0.25, 0.3) is 6.32 Å². The second-order valence-corrected chi connectivity index (χ2v) is 1.62. The average molecular weight is 307 g/mol. The van der Waals surface area contributed by atoms with Crippen molar-refractivity contribution in [1.82, 2.24) is 0 Å². The van der Waals surface area contributed by atoms with E-state index in [1.807, 2.05) is 0 Å². The van der Waals surface area contributed by atoms with Crippen molar-refractivity contribution < 1.29 is 39.5 Å². The number of hydrogen-bond donors (Lipinski definition) is 0. The van der Waals surface area contributed by atoms with Crippen LogP contribution in [0.4, 0.5) is 39.5 Å². The van der Waals surface area contributed by atoms with Gasteiger partial charge in [-0.25, -0.2) is 17.6 Å². The Bertz CT molecular complexity index is 153. The van der Waals surface area contributed by atoms with Crippen LogP contribution in [-0.2, 0) is 0 Å². The summed E-state index contributed by atoms with van der Waals surface area (Å²) in [4.78, 5) is 0. The van der Waals surface area contributed by atoms with Gasteiger partial charge in [-0.05, 0) is 0 Å². The third-order valence-electron chi connectivity index (χ3n) is 0.449. The van der Waals surface area contributed by atoms with E-state index >= 15 is 0 Å². The summed E-state index contributed by atoms with van der Waals surface area (Å²) >= 11 is 0. The molecule has 0 rings (SSSR count). The molecule has 0 aromatic rings. The molecule has 0 heterocycles. The van der Waals surface area contributed by atoms with Gasteiger partial charge in [0.2, 0.25) is 6.93 Å². The molecule has 0 bridgehead atoms. The number of halogens is 9. The summed E-state index contributed by atoms with van der Waals surface area (Å²) in [5, 5.41) is 6.65. The van der Waals surface area contributed by atoms with Crippen molar-refractivity contribution in [2.75, 3.05) is 27.0 Å². The van der Waals surface area contributed by atoms with Crippen LogP contribution >= 0.6 is 0 Å². The molecule has 0 saturated carbocycles. The van der Waals surface area contributed by atoms with Crippen molar-refractivity contribution in [3.8, 4) is 6.32 Å². The van der Waals surface area contributed by atoms with Gasteiger partial charge in [0.05, 0.1) is 13.1 Å². The normalized spacial score (nSPS) is 7.58. The Morgan fingerprint density at radius 3 is 1.05 bits per heavy atom. The molecule has 0 aromatic heterocycles. The fourth-order valence-corrected chi connectivity index (χ4v) is 0.107. The predicted molar refractivity (Wildman–Crippen MR) is 53.7 cm³/mol. The van der Waals surface area contributed by atoms with Crippen LogP contribution in [0.15, 0.2) is 13.2 Å². The van der Waals surface area contributed by atoms with Crippen LogP contribution in [0, 0.1) is 11.6 Å². The highest BCUT2D eigenvalue weighted by Crippen LogP contribution is 2.18. The fraction of sp³-hybridized carbons (Fsp3) is 0.667. The van der Waals surface area contributed by atoms with Crippen molar-refractivity contribution >= 4 is 0 Å². The highest BCUT2D eigenvalue weighted by atomic mass is 19.4. The van der Waals surface area contributed by atoms with Crippen molar-refractivity contribution in [3.63, 3.8) is 0 Å². The molecule has 0 aliphatic heterocycles. The number of nitrogens with zero attached hydrogens (tertiary/aromatic N) is 1. The summed E-state index contributed by atoms with van der Waals surface area (Å²) in [5.74, 6) is 0. The van der Waals surface area contributed by atoms with Crippen LogP contribution in [0.3, 0.4) is 0 Å². The fourth-order valence-electron chi connectivity index (χ4n) is 0.107. The largest absolute Gasteiger partial charge is 0.391 e. The molecule has 1 nitrogen and oxygen atoms in total. The Morgan fingerprint density at radius 1 is 0.842 bits per heavy atom. The minimum atomic E-state index is -4.32. The minimum Gasteiger partial charge on any atom is -0.251 e. The van der Waals surface area contributed by atoms with Crippen molar-refractivity contribution in [1.29, 1.82) is 5.26 Å². The van der Waals surface area contributed by atoms with Gasteiger partial charge in [0.1, 0.15) is 13.3 Å². The summed E-state index contributed by atoms with van der Waals surface area (Å²) in [7, 11) is 0. The number of rotatable bonds is 2. The molecule has 0 radical (unpaired) electrons. The van der Waals surface area contributed by atoms with E-state index in [0.717, 1.165) is 0 Å². The van der Waals surface area contributed by atoms with Crippen molar-refractivity contribution in [3.05, 3.63) is 13.2 Å². The maximum absolute atomic E-state index is 10.8. The first kappa shape index (κ1) is 30.5. The lowest BCUT2D eigenvalue weighted by Gasteiger charge is -1.98. The third kappa shape index (κ3) is 273. The first-order valence-electron chi connectivity index (χ1n) is 4.17. The van der Waals surface area contributed by atoms with Gasteiger partial charge in [-0.3, -0.25) is 4.39 Å². The van der Waals surface area contributed by atoms with Gasteiger partial charge in [-0.1, -0.05) is 0 Å². The topological polar surface area (TPSA) is 23.8 Å². The second kappa shape index (κ2) is 36.0.